The zero-order valence-electron chi connectivity index (χ0n) is 9.62. The van der Waals surface area contributed by atoms with Crippen molar-refractivity contribution in [2.24, 2.45) is 0 Å². The van der Waals surface area contributed by atoms with E-state index in [-0.39, 0.29) is 5.54 Å². The van der Waals surface area contributed by atoms with Gasteiger partial charge in [0.1, 0.15) is 6.10 Å². The molecule has 2 unspecified atom stereocenters. The van der Waals surface area contributed by atoms with Crippen molar-refractivity contribution in [3.63, 3.8) is 0 Å². The summed E-state index contributed by atoms with van der Waals surface area (Å²) < 4.78 is 1.00. The van der Waals surface area contributed by atoms with E-state index in [9.17, 15) is 5.11 Å². The highest BCUT2D eigenvalue weighted by Gasteiger charge is 2.36. The molecule has 0 aliphatic heterocycles. The fourth-order valence-electron chi connectivity index (χ4n) is 1.54. The molecule has 0 aliphatic rings. The summed E-state index contributed by atoms with van der Waals surface area (Å²) in [5.74, 6) is 0. The molecular formula is C11H18BrNOS. The van der Waals surface area contributed by atoms with Crippen molar-refractivity contribution in [1.82, 2.24) is 4.90 Å². The maximum absolute atomic E-state index is 10.4. The molecule has 1 heterocycles. The van der Waals surface area contributed by atoms with E-state index in [1.165, 1.54) is 0 Å². The average molecular weight is 292 g/mol. The molecule has 0 fully saturated rings. The molecule has 86 valence electrons. The van der Waals surface area contributed by atoms with E-state index in [0.29, 0.717) is 0 Å². The van der Waals surface area contributed by atoms with Gasteiger partial charge < -0.3 is 10.0 Å². The molecule has 1 aromatic heterocycles. The van der Waals surface area contributed by atoms with Gasteiger partial charge in [0, 0.05) is 14.9 Å². The molecule has 0 radical (unpaired) electrons. The molecule has 2 nitrogen and oxygen atoms in total. The van der Waals surface area contributed by atoms with Gasteiger partial charge >= 0.3 is 0 Å². The Morgan fingerprint density at radius 2 is 2.20 bits per heavy atom. The van der Waals surface area contributed by atoms with Crippen molar-refractivity contribution < 1.29 is 5.11 Å². The second kappa shape index (κ2) is 4.95. The van der Waals surface area contributed by atoms with Gasteiger partial charge in [-0.25, -0.2) is 0 Å². The first-order valence-electron chi connectivity index (χ1n) is 5.02. The molecule has 0 amide bonds. The normalized spacial score (nSPS) is 17.8. The van der Waals surface area contributed by atoms with E-state index < -0.39 is 6.10 Å². The van der Waals surface area contributed by atoms with Gasteiger partial charge in [-0.05, 0) is 54.8 Å². The number of likely N-dealkylation sites (N-methyl/N-ethyl adjacent to an activating group) is 1. The lowest BCUT2D eigenvalue weighted by atomic mass is 9.89. The summed E-state index contributed by atoms with van der Waals surface area (Å²) >= 11 is 5.06. The minimum absolute atomic E-state index is 0.215. The Morgan fingerprint density at radius 1 is 1.60 bits per heavy atom. The first-order chi connectivity index (χ1) is 6.93. The Hall–Kier alpha value is 0.1000. The Bertz CT molecular complexity index is 326. The Morgan fingerprint density at radius 3 is 2.53 bits per heavy atom. The van der Waals surface area contributed by atoms with Crippen molar-refractivity contribution in [3.8, 4) is 0 Å². The fourth-order valence-corrected chi connectivity index (χ4v) is 3.26. The van der Waals surface area contributed by atoms with Crippen LogP contribution in [0, 0.1) is 0 Å². The zero-order chi connectivity index (χ0) is 11.6. The van der Waals surface area contributed by atoms with Gasteiger partial charge in [0.05, 0.1) is 0 Å². The van der Waals surface area contributed by atoms with Crippen molar-refractivity contribution in [1.29, 1.82) is 0 Å². The maximum atomic E-state index is 10.4. The summed E-state index contributed by atoms with van der Waals surface area (Å²) in [6.07, 6.45) is 0.456. The lowest BCUT2D eigenvalue weighted by Gasteiger charge is -2.39. The molecule has 4 heteroatoms. The van der Waals surface area contributed by atoms with Crippen LogP contribution < -0.4 is 0 Å². The van der Waals surface area contributed by atoms with Crippen LogP contribution in [0.2, 0.25) is 0 Å². The molecule has 2 atom stereocenters. The molecule has 0 bridgehead atoms. The quantitative estimate of drug-likeness (QED) is 0.920. The lowest BCUT2D eigenvalue weighted by molar-refractivity contribution is 0.00270. The first kappa shape index (κ1) is 13.2. The molecule has 1 N–H and O–H groups in total. The van der Waals surface area contributed by atoms with Crippen molar-refractivity contribution in [2.75, 3.05) is 14.1 Å². The number of aliphatic hydroxyl groups is 1. The van der Waals surface area contributed by atoms with Crippen molar-refractivity contribution in [3.05, 3.63) is 20.8 Å². The number of thiophene rings is 1. The molecule has 0 aromatic carbocycles. The second-order valence-corrected chi connectivity index (χ2v) is 5.94. The summed E-state index contributed by atoms with van der Waals surface area (Å²) in [6, 6.07) is 1.98. The summed E-state index contributed by atoms with van der Waals surface area (Å²) in [5.41, 5.74) is -0.215. The fraction of sp³-hybridized carbons (Fsp3) is 0.636. The van der Waals surface area contributed by atoms with Gasteiger partial charge in [-0.1, -0.05) is 6.92 Å². The van der Waals surface area contributed by atoms with Crippen LogP contribution >= 0.6 is 27.3 Å². The Balaban J connectivity index is 3.02. The molecular weight excluding hydrogens is 274 g/mol. The summed E-state index contributed by atoms with van der Waals surface area (Å²) in [5, 5.41) is 12.4. The molecule has 0 saturated carbocycles. The number of aliphatic hydroxyl groups excluding tert-OH is 1. The number of hydrogen-bond donors (Lipinski definition) is 1. The van der Waals surface area contributed by atoms with Crippen LogP contribution in [-0.2, 0) is 0 Å². The van der Waals surface area contributed by atoms with Crippen LogP contribution in [0.4, 0.5) is 0 Å². The molecule has 1 rings (SSSR count). The zero-order valence-corrected chi connectivity index (χ0v) is 12.0. The van der Waals surface area contributed by atoms with Gasteiger partial charge in [0.15, 0.2) is 0 Å². The summed E-state index contributed by atoms with van der Waals surface area (Å²) in [7, 11) is 4.02. The largest absolute Gasteiger partial charge is 0.386 e. The summed E-state index contributed by atoms with van der Waals surface area (Å²) in [6.45, 7) is 4.19. The van der Waals surface area contributed by atoms with Gasteiger partial charge in [-0.15, -0.1) is 11.3 Å². The predicted molar refractivity (Wildman–Crippen MR) is 69.4 cm³/mol. The van der Waals surface area contributed by atoms with Crippen molar-refractivity contribution in [2.45, 2.75) is 31.9 Å². The third-order valence-corrected chi connectivity index (χ3v) is 5.14. The standard InChI is InChI=1S/C11H18BrNOS/c1-5-11(2,13(3)4)10(14)9-8(12)6-7-15-9/h6-7,10,14H,5H2,1-4H3. The average Bonchev–Trinajstić information content (AvgIpc) is 2.61. The molecule has 1 aromatic rings. The van der Waals surface area contributed by atoms with E-state index in [1.807, 2.05) is 25.5 Å². The first-order valence-corrected chi connectivity index (χ1v) is 6.69. The SMILES string of the molecule is CCC(C)(C(O)c1sccc1Br)N(C)C. The van der Waals surface area contributed by atoms with E-state index in [0.717, 1.165) is 15.8 Å². The number of halogens is 1. The number of rotatable bonds is 4. The molecule has 0 saturated heterocycles. The van der Waals surface area contributed by atoms with Crippen LogP contribution in [0.5, 0.6) is 0 Å². The third kappa shape index (κ3) is 2.44. The van der Waals surface area contributed by atoms with Crippen LogP contribution in [0.3, 0.4) is 0 Å². The molecule has 15 heavy (non-hydrogen) atoms. The highest BCUT2D eigenvalue weighted by molar-refractivity contribution is 9.10. The minimum atomic E-state index is -0.452. The molecule has 0 aliphatic carbocycles. The Kier molecular flexibility index (Phi) is 4.35. The van der Waals surface area contributed by atoms with E-state index in [4.69, 9.17) is 0 Å². The lowest BCUT2D eigenvalue weighted by Crippen LogP contribution is -2.45. The molecule has 0 spiro atoms. The minimum Gasteiger partial charge on any atom is -0.386 e. The van der Waals surface area contributed by atoms with Crippen molar-refractivity contribution >= 4 is 27.3 Å². The number of hydrogen-bond acceptors (Lipinski definition) is 3. The van der Waals surface area contributed by atoms with Crippen LogP contribution in [0.25, 0.3) is 0 Å². The third-order valence-electron chi connectivity index (χ3n) is 3.22. The number of nitrogens with zero attached hydrogens (tertiary/aromatic N) is 1. The van der Waals surface area contributed by atoms with E-state index >= 15 is 0 Å². The second-order valence-electron chi connectivity index (χ2n) is 4.14. The van der Waals surface area contributed by atoms with Gasteiger partial charge in [0.2, 0.25) is 0 Å². The maximum Gasteiger partial charge on any atom is 0.107 e. The topological polar surface area (TPSA) is 23.5 Å². The van der Waals surface area contributed by atoms with Crippen LogP contribution in [-0.4, -0.2) is 29.6 Å². The van der Waals surface area contributed by atoms with Crippen LogP contribution in [0.1, 0.15) is 31.2 Å². The monoisotopic (exact) mass is 291 g/mol. The highest BCUT2D eigenvalue weighted by Crippen LogP contribution is 2.38. The highest BCUT2D eigenvalue weighted by atomic mass is 79.9. The predicted octanol–water partition coefficient (Wildman–Crippen LogP) is 3.27. The van der Waals surface area contributed by atoms with E-state index in [2.05, 4.69) is 34.7 Å². The van der Waals surface area contributed by atoms with Gasteiger partial charge in [-0.2, -0.15) is 0 Å². The van der Waals surface area contributed by atoms with Gasteiger partial charge in [0.25, 0.3) is 0 Å². The Labute approximate surface area is 104 Å². The van der Waals surface area contributed by atoms with Crippen LogP contribution in [0.15, 0.2) is 15.9 Å². The smallest absolute Gasteiger partial charge is 0.107 e. The van der Waals surface area contributed by atoms with Gasteiger partial charge in [-0.3, -0.25) is 0 Å². The summed E-state index contributed by atoms with van der Waals surface area (Å²) in [4.78, 5) is 3.09. The van der Waals surface area contributed by atoms with E-state index in [1.54, 1.807) is 11.3 Å².